The molecule has 1 fully saturated rings. The number of carbonyl (C=O) groups excluding carboxylic acids is 2. The fourth-order valence-electron chi connectivity index (χ4n) is 4.40. The summed E-state index contributed by atoms with van der Waals surface area (Å²) in [6, 6.07) is 5.67. The van der Waals surface area contributed by atoms with Crippen LogP contribution in [0.4, 0.5) is 0 Å². The van der Waals surface area contributed by atoms with Gasteiger partial charge < -0.3 is 25.1 Å². The van der Waals surface area contributed by atoms with Crippen LogP contribution in [0.15, 0.2) is 33.4 Å². The van der Waals surface area contributed by atoms with Gasteiger partial charge >= 0.3 is 11.9 Å². The monoisotopic (exact) mass is 656 g/mol. The molecule has 3 rings (SSSR count). The molecule has 0 atom stereocenters. The maximum atomic E-state index is 12.5. The second kappa shape index (κ2) is 21.1. The van der Waals surface area contributed by atoms with Crippen LogP contribution in [-0.4, -0.2) is 88.1 Å². The molecule has 0 saturated heterocycles. The third kappa shape index (κ3) is 14.3. The molecule has 1 saturated carbocycles. The maximum Gasteiger partial charge on any atom is 0.305 e. The van der Waals surface area contributed by atoms with Crippen LogP contribution in [0.2, 0.25) is 0 Å². The van der Waals surface area contributed by atoms with Gasteiger partial charge in [-0.15, -0.1) is 0 Å². The van der Waals surface area contributed by atoms with Crippen LogP contribution in [0.25, 0.3) is 11.0 Å². The van der Waals surface area contributed by atoms with E-state index in [0.29, 0.717) is 48.0 Å². The lowest BCUT2D eigenvalue weighted by molar-refractivity contribution is -0.144. The van der Waals surface area contributed by atoms with Crippen molar-refractivity contribution in [1.82, 2.24) is 20.1 Å². The van der Waals surface area contributed by atoms with E-state index in [2.05, 4.69) is 40.6 Å². The Morgan fingerprint density at radius 1 is 1.07 bits per heavy atom. The summed E-state index contributed by atoms with van der Waals surface area (Å²) in [7, 11) is 9.50. The second-order valence-electron chi connectivity index (χ2n) is 11.4. The van der Waals surface area contributed by atoms with Crippen LogP contribution in [-0.2, 0) is 14.3 Å². The SMILES string of the molecule is C/C(=C(\CCOC(=O)CCCC(=O)O)SSCCC(C)C)N(C)C.CN(C(=O)c1ccc2nonc2c1)C1CCCCC1.O.[HH]. The first-order chi connectivity index (χ1) is 20.5. The minimum atomic E-state index is -0.885. The first-order valence-corrected chi connectivity index (χ1v) is 17.3. The molecule has 13 heteroatoms. The van der Waals surface area contributed by atoms with Gasteiger partial charge in [-0.1, -0.05) is 54.7 Å². The molecule has 1 aromatic heterocycles. The van der Waals surface area contributed by atoms with E-state index < -0.39 is 5.97 Å². The number of esters is 1. The van der Waals surface area contributed by atoms with E-state index in [1.165, 1.54) is 36.3 Å². The van der Waals surface area contributed by atoms with Crippen molar-refractivity contribution in [3.8, 4) is 0 Å². The molecule has 44 heavy (non-hydrogen) atoms. The number of rotatable bonds is 15. The molecular weight excluding hydrogens is 604 g/mol. The van der Waals surface area contributed by atoms with Gasteiger partial charge in [-0.25, -0.2) is 4.63 Å². The first-order valence-electron chi connectivity index (χ1n) is 15.0. The van der Waals surface area contributed by atoms with Crippen LogP contribution in [0.3, 0.4) is 0 Å². The van der Waals surface area contributed by atoms with Crippen molar-refractivity contribution in [3.05, 3.63) is 34.4 Å². The fourth-order valence-corrected chi connectivity index (χ4v) is 7.24. The molecule has 0 unspecified atom stereocenters. The van der Waals surface area contributed by atoms with E-state index in [9.17, 15) is 14.4 Å². The summed E-state index contributed by atoms with van der Waals surface area (Å²) < 4.78 is 9.87. The zero-order valence-corrected chi connectivity index (χ0v) is 28.6. The molecular formula is C31H52N4O7S2. The number of hydrogen-bond acceptors (Lipinski definition) is 10. The average Bonchev–Trinajstić information content (AvgIpc) is 3.46. The van der Waals surface area contributed by atoms with Crippen molar-refractivity contribution in [2.45, 2.75) is 91.0 Å². The lowest BCUT2D eigenvalue weighted by Gasteiger charge is -2.31. The number of aromatic nitrogens is 2. The number of fused-ring (bicyclic) bond motifs is 1. The molecule has 1 amide bonds. The van der Waals surface area contributed by atoms with E-state index in [1.807, 2.05) is 36.8 Å². The van der Waals surface area contributed by atoms with Gasteiger partial charge in [0.25, 0.3) is 5.91 Å². The van der Waals surface area contributed by atoms with Crippen molar-refractivity contribution < 1.29 is 35.8 Å². The Hall–Kier alpha value is -2.77. The van der Waals surface area contributed by atoms with Gasteiger partial charge in [-0.2, -0.15) is 0 Å². The van der Waals surface area contributed by atoms with Crippen molar-refractivity contribution >= 4 is 50.5 Å². The van der Waals surface area contributed by atoms with E-state index in [4.69, 9.17) is 9.84 Å². The highest BCUT2D eigenvalue weighted by atomic mass is 33.1. The summed E-state index contributed by atoms with van der Waals surface area (Å²) in [4.78, 5) is 39.6. The molecule has 1 aromatic carbocycles. The molecule has 250 valence electrons. The number of hydrogen-bond donors (Lipinski definition) is 1. The van der Waals surface area contributed by atoms with E-state index >= 15 is 0 Å². The van der Waals surface area contributed by atoms with Crippen LogP contribution < -0.4 is 0 Å². The Balaban J connectivity index is 0.000000837. The molecule has 1 heterocycles. The average molecular weight is 657 g/mol. The Kier molecular flexibility index (Phi) is 18.8. The number of amides is 1. The predicted molar refractivity (Wildman–Crippen MR) is 179 cm³/mol. The van der Waals surface area contributed by atoms with Gasteiger partial charge in [0.1, 0.15) is 11.0 Å². The zero-order chi connectivity index (χ0) is 31.8. The molecule has 1 aliphatic carbocycles. The van der Waals surface area contributed by atoms with Crippen LogP contribution in [0.1, 0.15) is 96.8 Å². The van der Waals surface area contributed by atoms with Crippen LogP contribution >= 0.6 is 21.6 Å². The Morgan fingerprint density at radius 2 is 1.75 bits per heavy atom. The van der Waals surface area contributed by atoms with Crippen molar-refractivity contribution in [2.24, 2.45) is 5.92 Å². The summed E-state index contributed by atoms with van der Waals surface area (Å²) in [5.74, 6) is 0.644. The summed E-state index contributed by atoms with van der Waals surface area (Å²) >= 11 is 0. The largest absolute Gasteiger partial charge is 0.481 e. The lowest BCUT2D eigenvalue weighted by atomic mass is 9.94. The topological polar surface area (TPSA) is 158 Å². The number of carboxylic acids is 1. The first kappa shape index (κ1) is 39.3. The highest BCUT2D eigenvalue weighted by Gasteiger charge is 2.23. The number of nitrogens with zero attached hydrogens (tertiary/aromatic N) is 4. The number of ether oxygens (including phenoxy) is 1. The van der Waals surface area contributed by atoms with Gasteiger partial charge in [0.2, 0.25) is 0 Å². The number of allylic oxidation sites excluding steroid dienone is 1. The standard InChI is InChI=1S/C17H31NO4S2.C14H17N3O2.H2O.H2/c1-13(2)10-12-23-24-15(14(3)18(4)5)9-11-22-17(21)8-6-7-16(19)20;1-17(11-5-3-2-4-6-11)14(18)10-7-8-12-13(9-10)16-19-15-12;;/h13H,6-12H2,1-5H3,(H,19,20);7-9,11H,2-6H2,1H3;1H2;1H/b15-14-;;;. The molecule has 0 spiro atoms. The molecule has 0 aliphatic heterocycles. The quantitative estimate of drug-likeness (QED) is 0.128. The molecule has 0 bridgehead atoms. The van der Waals surface area contributed by atoms with Gasteiger partial charge in [0.15, 0.2) is 0 Å². The second-order valence-corrected chi connectivity index (χ2v) is 13.9. The zero-order valence-electron chi connectivity index (χ0n) is 27.0. The van der Waals surface area contributed by atoms with E-state index in [1.54, 1.807) is 29.0 Å². The summed E-state index contributed by atoms with van der Waals surface area (Å²) in [6.45, 7) is 6.85. The molecule has 11 nitrogen and oxygen atoms in total. The van der Waals surface area contributed by atoms with E-state index in [0.717, 1.165) is 18.6 Å². The minimum absolute atomic E-state index is 0. The highest BCUT2D eigenvalue weighted by Crippen LogP contribution is 2.36. The molecule has 1 aliphatic rings. The Morgan fingerprint density at radius 3 is 2.39 bits per heavy atom. The number of aliphatic carboxylic acids is 1. The van der Waals surface area contributed by atoms with E-state index in [-0.39, 0.29) is 31.6 Å². The summed E-state index contributed by atoms with van der Waals surface area (Å²) in [5.41, 5.74) is 3.13. The Bertz CT molecular complexity index is 1200. The van der Waals surface area contributed by atoms with Gasteiger partial charge in [-0.05, 0) is 67.0 Å². The number of benzene rings is 1. The summed E-state index contributed by atoms with van der Waals surface area (Å²) in [5, 5.41) is 16.1. The van der Waals surface area contributed by atoms with Crippen molar-refractivity contribution in [2.75, 3.05) is 33.5 Å². The molecule has 3 N–H and O–H groups in total. The minimum Gasteiger partial charge on any atom is -0.481 e. The number of carboxylic acid groups (broad SMARTS) is 1. The van der Waals surface area contributed by atoms with Crippen LogP contribution in [0.5, 0.6) is 0 Å². The van der Waals surface area contributed by atoms with Gasteiger partial charge in [0, 0.05) is 69.8 Å². The third-order valence-corrected chi connectivity index (χ3v) is 10.00. The predicted octanol–water partition coefficient (Wildman–Crippen LogP) is 6.44. The lowest BCUT2D eigenvalue weighted by Crippen LogP contribution is -2.38. The molecule has 0 radical (unpaired) electrons. The van der Waals surface area contributed by atoms with Crippen molar-refractivity contribution in [3.63, 3.8) is 0 Å². The van der Waals surface area contributed by atoms with Gasteiger partial charge in [0.05, 0.1) is 6.61 Å². The summed E-state index contributed by atoms with van der Waals surface area (Å²) in [6.07, 6.45) is 8.30. The number of carbonyl (C=O) groups is 3. The third-order valence-electron chi connectivity index (χ3n) is 7.32. The van der Waals surface area contributed by atoms with Crippen LogP contribution in [0, 0.1) is 5.92 Å². The smallest absolute Gasteiger partial charge is 0.305 e. The Labute approximate surface area is 270 Å². The normalized spacial score (nSPS) is 13.8. The molecule has 2 aromatic rings. The van der Waals surface area contributed by atoms with Gasteiger partial charge in [-0.3, -0.25) is 14.4 Å². The van der Waals surface area contributed by atoms with Crippen molar-refractivity contribution in [1.29, 1.82) is 0 Å². The maximum absolute atomic E-state index is 12.5. The fraction of sp³-hybridized carbons (Fsp3) is 0.645. The highest BCUT2D eigenvalue weighted by molar-refractivity contribution is 8.78.